The van der Waals surface area contributed by atoms with E-state index in [0.717, 1.165) is 49.5 Å². The SMILES string of the molecule is CCNC1CCN(c2ccc(-c3ccc4ncc5nnc(N6CC(C)N(C)[C@@H](C)C6)n5c4c3)cc2C(F)(F)F)CC1. The molecule has 2 atom stereocenters. The van der Waals surface area contributed by atoms with Crippen LogP contribution in [0.25, 0.3) is 27.8 Å². The third-order valence-electron chi connectivity index (χ3n) is 8.81. The van der Waals surface area contributed by atoms with Crippen molar-refractivity contribution in [2.75, 3.05) is 49.6 Å². The van der Waals surface area contributed by atoms with Gasteiger partial charge in [-0.15, -0.1) is 10.2 Å². The first-order valence-electron chi connectivity index (χ1n) is 14.4. The van der Waals surface area contributed by atoms with Gasteiger partial charge in [-0.1, -0.05) is 19.1 Å². The number of anilines is 2. The maximum absolute atomic E-state index is 14.4. The number of halogens is 3. The van der Waals surface area contributed by atoms with E-state index in [1.165, 1.54) is 6.07 Å². The average molecular weight is 567 g/mol. The highest BCUT2D eigenvalue weighted by Gasteiger charge is 2.36. The Morgan fingerprint density at radius 2 is 1.61 bits per heavy atom. The van der Waals surface area contributed by atoms with Crippen LogP contribution in [-0.4, -0.2) is 82.4 Å². The van der Waals surface area contributed by atoms with Gasteiger partial charge < -0.3 is 15.1 Å². The molecule has 2 fully saturated rings. The van der Waals surface area contributed by atoms with Crippen molar-refractivity contribution >= 4 is 28.3 Å². The van der Waals surface area contributed by atoms with Crippen LogP contribution in [0.1, 0.15) is 39.2 Å². The topological polar surface area (TPSA) is 64.8 Å². The van der Waals surface area contributed by atoms with Gasteiger partial charge in [0.25, 0.3) is 0 Å². The van der Waals surface area contributed by atoms with E-state index in [1.54, 1.807) is 18.3 Å². The Balaban J connectivity index is 1.39. The van der Waals surface area contributed by atoms with Crippen LogP contribution in [0.5, 0.6) is 0 Å². The number of hydrogen-bond donors (Lipinski definition) is 1. The molecule has 1 N–H and O–H groups in total. The average Bonchev–Trinajstić information content (AvgIpc) is 3.40. The Morgan fingerprint density at radius 3 is 2.29 bits per heavy atom. The molecule has 41 heavy (non-hydrogen) atoms. The van der Waals surface area contributed by atoms with Crippen LogP contribution in [0.15, 0.2) is 42.6 Å². The number of piperazine rings is 1. The lowest BCUT2D eigenvalue weighted by molar-refractivity contribution is -0.137. The molecule has 2 saturated heterocycles. The first-order chi connectivity index (χ1) is 19.6. The van der Waals surface area contributed by atoms with Crippen molar-refractivity contribution < 1.29 is 13.2 Å². The fraction of sp³-hybridized carbons (Fsp3) is 0.500. The lowest BCUT2D eigenvalue weighted by Crippen LogP contribution is -2.55. The summed E-state index contributed by atoms with van der Waals surface area (Å²) in [6.45, 7) is 10.1. The number of nitrogens with zero attached hydrogens (tertiary/aromatic N) is 7. The molecule has 11 heteroatoms. The maximum Gasteiger partial charge on any atom is 0.418 e. The molecule has 0 bridgehead atoms. The van der Waals surface area contributed by atoms with Gasteiger partial charge in [-0.05, 0) is 75.7 Å². The van der Waals surface area contributed by atoms with Crippen LogP contribution in [0, 0.1) is 0 Å². The van der Waals surface area contributed by atoms with Gasteiger partial charge >= 0.3 is 6.18 Å². The number of piperidine rings is 1. The molecule has 6 rings (SSSR count). The quantitative estimate of drug-likeness (QED) is 0.362. The zero-order valence-corrected chi connectivity index (χ0v) is 24.0. The molecular weight excluding hydrogens is 529 g/mol. The van der Waals surface area contributed by atoms with Gasteiger partial charge in [0.15, 0.2) is 5.65 Å². The van der Waals surface area contributed by atoms with Crippen LogP contribution in [-0.2, 0) is 6.18 Å². The van der Waals surface area contributed by atoms with Crippen molar-refractivity contribution in [2.24, 2.45) is 0 Å². The highest BCUT2D eigenvalue weighted by Crippen LogP contribution is 2.40. The molecule has 4 aromatic rings. The molecule has 218 valence electrons. The highest BCUT2D eigenvalue weighted by atomic mass is 19.4. The van der Waals surface area contributed by atoms with E-state index in [9.17, 15) is 13.2 Å². The summed E-state index contributed by atoms with van der Waals surface area (Å²) in [5.74, 6) is 0.726. The van der Waals surface area contributed by atoms with Gasteiger partial charge in [0.05, 0.1) is 22.8 Å². The molecule has 0 amide bonds. The Bertz CT molecular complexity index is 1530. The molecule has 0 saturated carbocycles. The molecule has 2 aliphatic rings. The number of hydrogen-bond acceptors (Lipinski definition) is 7. The second-order valence-corrected chi connectivity index (χ2v) is 11.5. The van der Waals surface area contributed by atoms with E-state index >= 15 is 0 Å². The number of rotatable bonds is 5. The minimum absolute atomic E-state index is 0.250. The second kappa shape index (κ2) is 10.8. The minimum atomic E-state index is -4.47. The second-order valence-electron chi connectivity index (χ2n) is 11.5. The third-order valence-corrected chi connectivity index (χ3v) is 8.81. The summed E-state index contributed by atoms with van der Waals surface area (Å²) in [6, 6.07) is 11.3. The smallest absolute Gasteiger partial charge is 0.371 e. The van der Waals surface area contributed by atoms with Crippen molar-refractivity contribution in [1.82, 2.24) is 29.8 Å². The summed E-state index contributed by atoms with van der Waals surface area (Å²) in [4.78, 5) is 11.0. The van der Waals surface area contributed by atoms with Gasteiger partial charge in [-0.2, -0.15) is 13.2 Å². The van der Waals surface area contributed by atoms with Gasteiger partial charge in [0, 0.05) is 50.0 Å². The highest BCUT2D eigenvalue weighted by molar-refractivity contribution is 5.85. The first-order valence-corrected chi connectivity index (χ1v) is 14.4. The monoisotopic (exact) mass is 566 g/mol. The van der Waals surface area contributed by atoms with Crippen molar-refractivity contribution in [3.05, 3.63) is 48.2 Å². The van der Waals surface area contributed by atoms with Crippen LogP contribution < -0.4 is 15.1 Å². The fourth-order valence-electron chi connectivity index (χ4n) is 6.33. The molecule has 2 aromatic carbocycles. The van der Waals surface area contributed by atoms with Crippen molar-refractivity contribution in [2.45, 2.75) is 57.9 Å². The standard InChI is InChI=1S/C30H37F3N8/c1-5-34-23-10-12-39(13-11-23)26-9-7-21(14-24(26)30(31,32)33)22-6-8-25-27(15-22)41-28(16-35-25)36-37-29(41)40-17-19(2)38(4)20(3)18-40/h6-9,14-16,19-20,23,34H,5,10-13,17-18H2,1-4H3/t19-,20?/m0/s1. The van der Waals surface area contributed by atoms with Crippen molar-refractivity contribution in [3.63, 3.8) is 0 Å². The lowest BCUT2D eigenvalue weighted by atomic mass is 9.98. The summed E-state index contributed by atoms with van der Waals surface area (Å²) in [5.41, 5.74) is 2.96. The summed E-state index contributed by atoms with van der Waals surface area (Å²) < 4.78 is 45.1. The molecule has 0 spiro atoms. The van der Waals surface area contributed by atoms with Crippen LogP contribution in [0.4, 0.5) is 24.8 Å². The number of benzene rings is 2. The Kier molecular flexibility index (Phi) is 7.27. The molecule has 2 aliphatic heterocycles. The van der Waals surface area contributed by atoms with E-state index in [2.05, 4.69) is 58.1 Å². The van der Waals surface area contributed by atoms with Gasteiger partial charge in [0.1, 0.15) is 0 Å². The van der Waals surface area contributed by atoms with Crippen LogP contribution >= 0.6 is 0 Å². The molecule has 8 nitrogen and oxygen atoms in total. The normalized spacial score (nSPS) is 21.3. The molecule has 2 aromatic heterocycles. The van der Waals surface area contributed by atoms with E-state index in [1.807, 2.05) is 27.5 Å². The van der Waals surface area contributed by atoms with Crippen molar-refractivity contribution in [1.29, 1.82) is 0 Å². The molecule has 0 radical (unpaired) electrons. The van der Waals surface area contributed by atoms with Crippen molar-refractivity contribution in [3.8, 4) is 11.1 Å². The summed E-state index contributed by atoms with van der Waals surface area (Å²) in [6.07, 6.45) is -1.12. The van der Waals surface area contributed by atoms with Crippen LogP contribution in [0.3, 0.4) is 0 Å². The van der Waals surface area contributed by atoms with E-state index < -0.39 is 11.7 Å². The third kappa shape index (κ3) is 5.21. The minimum Gasteiger partial charge on any atom is -0.371 e. The zero-order valence-electron chi connectivity index (χ0n) is 24.0. The Morgan fingerprint density at radius 1 is 0.927 bits per heavy atom. The van der Waals surface area contributed by atoms with E-state index in [-0.39, 0.29) is 5.69 Å². The fourth-order valence-corrected chi connectivity index (χ4v) is 6.33. The number of alkyl halides is 3. The van der Waals surface area contributed by atoms with Gasteiger partial charge in [-0.3, -0.25) is 14.3 Å². The number of aromatic nitrogens is 4. The van der Waals surface area contributed by atoms with Gasteiger partial charge in [0.2, 0.25) is 5.95 Å². The molecule has 4 heterocycles. The van der Waals surface area contributed by atoms with Gasteiger partial charge in [-0.25, -0.2) is 0 Å². The number of nitrogens with one attached hydrogen (secondary N) is 1. The summed E-state index contributed by atoms with van der Waals surface area (Å²) >= 11 is 0. The molecular formula is C30H37F3N8. The van der Waals surface area contributed by atoms with E-state index in [4.69, 9.17) is 0 Å². The predicted molar refractivity (Wildman–Crippen MR) is 157 cm³/mol. The lowest BCUT2D eigenvalue weighted by Gasteiger charge is -2.42. The Labute approximate surface area is 238 Å². The summed E-state index contributed by atoms with van der Waals surface area (Å²) in [7, 11) is 2.13. The summed E-state index contributed by atoms with van der Waals surface area (Å²) in [5, 5.41) is 12.3. The zero-order chi connectivity index (χ0) is 28.9. The van der Waals surface area contributed by atoms with E-state index in [0.29, 0.717) is 48.0 Å². The molecule has 0 aliphatic carbocycles. The maximum atomic E-state index is 14.4. The largest absolute Gasteiger partial charge is 0.418 e. The number of likely N-dealkylation sites (N-methyl/N-ethyl adjacent to an activating group) is 1. The molecule has 1 unspecified atom stereocenters. The number of fused-ring (bicyclic) bond motifs is 3. The first kappa shape index (κ1) is 27.7. The predicted octanol–water partition coefficient (Wildman–Crippen LogP) is 5.07. The van der Waals surface area contributed by atoms with Crippen LogP contribution in [0.2, 0.25) is 0 Å². The Hall–Kier alpha value is -3.44.